The van der Waals surface area contributed by atoms with Gasteiger partial charge in [-0.05, 0) is 54.1 Å². The number of nitriles is 1. The summed E-state index contributed by atoms with van der Waals surface area (Å²) in [5, 5.41) is 13.7. The molecule has 0 aliphatic heterocycles. The number of amides is 1. The summed E-state index contributed by atoms with van der Waals surface area (Å²) in [5.74, 6) is 0.0291. The van der Waals surface area contributed by atoms with Crippen LogP contribution in [-0.4, -0.2) is 5.91 Å². The molecule has 8 heteroatoms. The fraction of sp³-hybridized carbons (Fsp3) is 0.0435. The maximum absolute atomic E-state index is 12.4. The average Bonchev–Trinajstić information content (AvgIpc) is 2.75. The van der Waals surface area contributed by atoms with E-state index in [0.717, 1.165) is 0 Å². The molecule has 0 bridgehead atoms. The van der Waals surface area contributed by atoms with Gasteiger partial charge in [0, 0.05) is 21.3 Å². The predicted octanol–water partition coefficient (Wildman–Crippen LogP) is 7.42. The summed E-state index contributed by atoms with van der Waals surface area (Å²) in [6.45, 7) is 0.212. The molecule has 3 rings (SSSR count). The maximum atomic E-state index is 12.4. The Morgan fingerprint density at radius 1 is 0.935 bits per heavy atom. The monoisotopic (exact) mass is 490 g/mol. The van der Waals surface area contributed by atoms with Crippen molar-refractivity contribution >= 4 is 64.1 Å². The lowest BCUT2D eigenvalue weighted by Gasteiger charge is -2.09. The number of nitrogens with zero attached hydrogens (tertiary/aromatic N) is 1. The van der Waals surface area contributed by atoms with Crippen LogP contribution in [0.3, 0.4) is 0 Å². The lowest BCUT2D eigenvalue weighted by Crippen LogP contribution is -2.13. The van der Waals surface area contributed by atoms with E-state index in [9.17, 15) is 10.1 Å². The number of ether oxygens (including phenoxy) is 1. The quantitative estimate of drug-likeness (QED) is 0.288. The van der Waals surface area contributed by atoms with Gasteiger partial charge in [0.25, 0.3) is 5.91 Å². The van der Waals surface area contributed by atoms with E-state index in [1.807, 2.05) is 6.07 Å². The minimum Gasteiger partial charge on any atom is -0.489 e. The number of nitrogens with one attached hydrogen (secondary N) is 1. The Labute approximate surface area is 199 Å². The highest BCUT2D eigenvalue weighted by atomic mass is 35.5. The Morgan fingerprint density at radius 2 is 1.61 bits per heavy atom. The summed E-state index contributed by atoms with van der Waals surface area (Å²) in [6.07, 6.45) is 1.47. The molecule has 0 unspecified atom stereocenters. The van der Waals surface area contributed by atoms with Gasteiger partial charge in [-0.1, -0.05) is 64.6 Å². The lowest BCUT2D eigenvalue weighted by atomic mass is 10.1. The maximum Gasteiger partial charge on any atom is 0.266 e. The Bertz CT molecular complexity index is 1160. The Hall–Kier alpha value is -2.68. The Morgan fingerprint density at radius 3 is 2.23 bits per heavy atom. The summed E-state index contributed by atoms with van der Waals surface area (Å²) in [6, 6.07) is 18.7. The van der Waals surface area contributed by atoms with Crippen LogP contribution in [0, 0.1) is 11.3 Å². The molecule has 0 saturated heterocycles. The Kier molecular flexibility index (Phi) is 7.84. The topological polar surface area (TPSA) is 62.1 Å². The molecule has 0 saturated carbocycles. The van der Waals surface area contributed by atoms with Crippen molar-refractivity contribution in [1.82, 2.24) is 0 Å². The van der Waals surface area contributed by atoms with E-state index in [-0.39, 0.29) is 12.2 Å². The molecule has 4 nitrogen and oxygen atoms in total. The molecule has 3 aromatic rings. The second-order valence-corrected chi connectivity index (χ2v) is 7.94. The SMILES string of the molecule is N#C/C(=C\c1ccc(OCc2c(Cl)cccc2Cl)cc1)C(=O)Nc1ccc(Cl)c(Cl)c1. The number of halogens is 4. The standard InChI is InChI=1S/C23H14Cl4N2O2/c24-19-2-1-3-20(25)18(19)13-31-17-7-4-14(5-8-17)10-15(12-28)23(30)29-16-6-9-21(26)22(27)11-16/h1-11H,13H2,(H,29,30)/b15-10+. The van der Waals surface area contributed by atoms with Crippen LogP contribution in [0.2, 0.25) is 20.1 Å². The molecular weight excluding hydrogens is 478 g/mol. The van der Waals surface area contributed by atoms with Crippen LogP contribution in [0.15, 0.2) is 66.2 Å². The summed E-state index contributed by atoms with van der Waals surface area (Å²) in [5.41, 5.74) is 1.72. The minimum atomic E-state index is -0.561. The molecule has 1 N–H and O–H groups in total. The molecule has 156 valence electrons. The van der Waals surface area contributed by atoms with Crippen LogP contribution in [0.4, 0.5) is 5.69 Å². The molecule has 0 heterocycles. The van der Waals surface area contributed by atoms with Crippen LogP contribution in [0.5, 0.6) is 5.75 Å². The number of benzene rings is 3. The summed E-state index contributed by atoms with van der Waals surface area (Å²) >= 11 is 24.1. The van der Waals surface area contributed by atoms with Crippen LogP contribution < -0.4 is 10.1 Å². The van der Waals surface area contributed by atoms with Crippen molar-refractivity contribution in [3.63, 3.8) is 0 Å². The van der Waals surface area contributed by atoms with Gasteiger partial charge in [-0.15, -0.1) is 0 Å². The molecule has 1 amide bonds. The van der Waals surface area contributed by atoms with E-state index in [2.05, 4.69) is 5.32 Å². The Balaban J connectivity index is 1.68. The normalized spacial score (nSPS) is 11.0. The highest BCUT2D eigenvalue weighted by molar-refractivity contribution is 6.42. The van der Waals surface area contributed by atoms with Crippen molar-refractivity contribution in [2.45, 2.75) is 6.61 Å². The molecule has 0 aromatic heterocycles. The van der Waals surface area contributed by atoms with Gasteiger partial charge in [0.15, 0.2) is 0 Å². The zero-order valence-electron chi connectivity index (χ0n) is 15.8. The van der Waals surface area contributed by atoms with Crippen LogP contribution >= 0.6 is 46.4 Å². The van der Waals surface area contributed by atoms with Crippen molar-refractivity contribution in [3.05, 3.63) is 97.5 Å². The highest BCUT2D eigenvalue weighted by Gasteiger charge is 2.11. The molecule has 0 aliphatic carbocycles. The molecule has 31 heavy (non-hydrogen) atoms. The number of carbonyl (C=O) groups is 1. The first-order chi connectivity index (χ1) is 14.9. The molecule has 0 fully saturated rings. The van der Waals surface area contributed by atoms with Crippen LogP contribution in [-0.2, 0) is 11.4 Å². The molecular formula is C23H14Cl4N2O2. The number of rotatable bonds is 6. The van der Waals surface area contributed by atoms with Crippen molar-refractivity contribution in [1.29, 1.82) is 5.26 Å². The van der Waals surface area contributed by atoms with E-state index in [1.165, 1.54) is 12.1 Å². The molecule has 0 aliphatic rings. The summed E-state index contributed by atoms with van der Waals surface area (Å²) < 4.78 is 5.73. The van der Waals surface area contributed by atoms with Crippen LogP contribution in [0.1, 0.15) is 11.1 Å². The zero-order chi connectivity index (χ0) is 22.4. The number of carbonyl (C=O) groups excluding carboxylic acids is 1. The zero-order valence-corrected chi connectivity index (χ0v) is 18.9. The van der Waals surface area contributed by atoms with Gasteiger partial charge in [0.1, 0.15) is 24.0 Å². The number of hydrogen-bond acceptors (Lipinski definition) is 3. The molecule has 0 spiro atoms. The molecule has 3 aromatic carbocycles. The van der Waals surface area contributed by atoms with Gasteiger partial charge in [-0.2, -0.15) is 5.26 Å². The second-order valence-electron chi connectivity index (χ2n) is 6.31. The van der Waals surface area contributed by atoms with E-state index in [4.69, 9.17) is 51.1 Å². The summed E-state index contributed by atoms with van der Waals surface area (Å²) in [7, 11) is 0. The molecule has 0 radical (unpaired) electrons. The fourth-order valence-corrected chi connectivity index (χ4v) is 3.38. The first kappa shape index (κ1) is 23.0. The van der Waals surface area contributed by atoms with E-state index >= 15 is 0 Å². The van der Waals surface area contributed by atoms with Gasteiger partial charge >= 0.3 is 0 Å². The van der Waals surface area contributed by atoms with E-state index in [0.29, 0.717) is 42.7 Å². The number of hydrogen-bond donors (Lipinski definition) is 1. The second kappa shape index (κ2) is 10.6. The van der Waals surface area contributed by atoms with Gasteiger partial charge in [0.2, 0.25) is 0 Å². The number of anilines is 1. The lowest BCUT2D eigenvalue weighted by molar-refractivity contribution is -0.112. The smallest absolute Gasteiger partial charge is 0.266 e. The van der Waals surface area contributed by atoms with Crippen LogP contribution in [0.25, 0.3) is 6.08 Å². The molecule has 0 atom stereocenters. The van der Waals surface area contributed by atoms with E-state index < -0.39 is 5.91 Å². The van der Waals surface area contributed by atoms with E-state index in [1.54, 1.807) is 54.6 Å². The third-order valence-corrected chi connectivity index (χ3v) is 5.63. The summed E-state index contributed by atoms with van der Waals surface area (Å²) in [4.78, 5) is 12.4. The third kappa shape index (κ3) is 6.16. The van der Waals surface area contributed by atoms with Gasteiger partial charge in [-0.25, -0.2) is 0 Å². The van der Waals surface area contributed by atoms with Crippen molar-refractivity contribution in [2.24, 2.45) is 0 Å². The first-order valence-electron chi connectivity index (χ1n) is 8.91. The van der Waals surface area contributed by atoms with Crippen molar-refractivity contribution < 1.29 is 9.53 Å². The predicted molar refractivity (Wildman–Crippen MR) is 126 cm³/mol. The first-order valence-corrected chi connectivity index (χ1v) is 10.4. The van der Waals surface area contributed by atoms with Crippen molar-refractivity contribution in [2.75, 3.05) is 5.32 Å². The third-order valence-electron chi connectivity index (χ3n) is 4.18. The van der Waals surface area contributed by atoms with Gasteiger partial charge < -0.3 is 10.1 Å². The van der Waals surface area contributed by atoms with Crippen molar-refractivity contribution in [3.8, 4) is 11.8 Å². The van der Waals surface area contributed by atoms with Gasteiger partial charge in [-0.3, -0.25) is 4.79 Å². The largest absolute Gasteiger partial charge is 0.489 e. The van der Waals surface area contributed by atoms with Gasteiger partial charge in [0.05, 0.1) is 10.0 Å². The highest BCUT2D eigenvalue weighted by Crippen LogP contribution is 2.27. The average molecular weight is 492 g/mol. The fourth-order valence-electron chi connectivity index (χ4n) is 2.57. The minimum absolute atomic E-state index is 0.0670.